The lowest BCUT2D eigenvalue weighted by atomic mass is 10.1. The molecule has 0 fully saturated rings. The summed E-state index contributed by atoms with van der Waals surface area (Å²) in [5.74, 6) is 4.07. The lowest BCUT2D eigenvalue weighted by Crippen LogP contribution is -2.31. The van der Waals surface area contributed by atoms with Gasteiger partial charge in [0.25, 0.3) is 0 Å². The molecule has 7 aromatic rings. The van der Waals surface area contributed by atoms with E-state index >= 15 is 9.13 Å². The van der Waals surface area contributed by atoms with E-state index in [1.165, 1.54) is 0 Å². The minimum atomic E-state index is -3.30. The molecule has 6 aromatic carbocycles. The second-order valence-electron chi connectivity index (χ2n) is 15.4. The van der Waals surface area contributed by atoms with Crippen LogP contribution >= 0.6 is 14.3 Å². The molecule has 0 saturated carbocycles. The summed E-state index contributed by atoms with van der Waals surface area (Å²) in [6.45, 7) is 8.05. The van der Waals surface area contributed by atoms with Crippen LogP contribution in [-0.2, 0) is 9.13 Å². The monoisotopic (exact) mass is 795 g/mol. The Morgan fingerprint density at radius 3 is 1.45 bits per heavy atom. The van der Waals surface area contributed by atoms with Crippen LogP contribution < -0.4 is 36.0 Å². The maximum Gasteiger partial charge on any atom is 0.178 e. The number of hydrogen-bond acceptors (Lipinski definition) is 7. The van der Waals surface area contributed by atoms with E-state index in [-0.39, 0.29) is 5.66 Å². The van der Waals surface area contributed by atoms with Crippen molar-refractivity contribution in [2.24, 2.45) is 0 Å². The Balaban J connectivity index is 1.04. The zero-order chi connectivity index (χ0) is 39.8. The Morgan fingerprint density at radius 1 is 0.517 bits per heavy atom. The number of nitrogens with zero attached hydrogens (tertiary/aromatic N) is 3. The number of aromatic nitrogens is 3. The first kappa shape index (κ1) is 36.2. The van der Waals surface area contributed by atoms with Crippen LogP contribution in [0, 0.1) is 27.7 Å². The van der Waals surface area contributed by atoms with Gasteiger partial charge in [-0.05, 0) is 82.6 Å². The third-order valence-electron chi connectivity index (χ3n) is 11.3. The number of aryl methyl sites for hydroxylation is 4. The minimum absolute atomic E-state index is 0.278. The zero-order valence-electron chi connectivity index (χ0n) is 32.5. The molecule has 7 nitrogen and oxygen atoms in total. The molecular formula is C49H39N3O4P2. The molecule has 58 heavy (non-hydrogen) atoms. The lowest BCUT2D eigenvalue weighted by molar-refractivity contribution is 0.483. The Hall–Kier alpha value is -6.13. The molecule has 3 heterocycles. The molecule has 284 valence electrons. The topological polar surface area (TPSA) is 91.3 Å². The van der Waals surface area contributed by atoms with E-state index < -0.39 is 14.3 Å². The van der Waals surface area contributed by atoms with Crippen LogP contribution in [0.4, 0.5) is 0 Å². The van der Waals surface area contributed by atoms with Crippen LogP contribution in [0.2, 0.25) is 0 Å². The molecule has 2 aliphatic heterocycles. The zero-order valence-corrected chi connectivity index (χ0v) is 34.3. The average molecular weight is 796 g/mol. The molecule has 0 N–H and O–H groups in total. The Bertz CT molecular complexity index is 2880. The highest BCUT2D eigenvalue weighted by Crippen LogP contribution is 2.58. The Morgan fingerprint density at radius 2 is 0.966 bits per heavy atom. The molecule has 0 radical (unpaired) electrons. The van der Waals surface area contributed by atoms with Crippen molar-refractivity contribution in [3.8, 4) is 45.8 Å². The van der Waals surface area contributed by atoms with Crippen molar-refractivity contribution in [3.05, 3.63) is 174 Å². The smallest absolute Gasteiger partial charge is 0.178 e. The first-order valence-electron chi connectivity index (χ1n) is 19.4. The van der Waals surface area contributed by atoms with Crippen molar-refractivity contribution in [3.63, 3.8) is 0 Å². The summed E-state index contributed by atoms with van der Waals surface area (Å²) < 4.78 is 43.6. The van der Waals surface area contributed by atoms with Crippen LogP contribution in [0.5, 0.6) is 23.0 Å². The summed E-state index contributed by atoms with van der Waals surface area (Å²) in [6, 6.07) is 41.2. The molecule has 0 amide bonds. The van der Waals surface area contributed by atoms with Gasteiger partial charge in [-0.1, -0.05) is 119 Å². The SMILES string of the molecule is Cc1ccc2c(c1)P(=O)(c1ccc(-c3nc(C4=CCC(P5(=O)c6cc(C)ccc6Oc6ccc(C)cc65)C=C4)nc(-c4ccccc4)n3)cc1)c1cc(C)ccc1O2. The molecular weight excluding hydrogens is 757 g/mol. The maximum absolute atomic E-state index is 15.6. The van der Waals surface area contributed by atoms with Gasteiger partial charge in [-0.15, -0.1) is 0 Å². The molecule has 10 rings (SSSR count). The van der Waals surface area contributed by atoms with Crippen molar-refractivity contribution >= 4 is 46.4 Å². The second kappa shape index (κ2) is 13.8. The summed E-state index contributed by atoms with van der Waals surface area (Å²) in [6.07, 6.45) is 6.68. The molecule has 1 atom stereocenters. The van der Waals surface area contributed by atoms with E-state index in [9.17, 15) is 0 Å². The normalized spacial score (nSPS) is 16.8. The highest BCUT2D eigenvalue weighted by molar-refractivity contribution is 7.85. The van der Waals surface area contributed by atoms with Gasteiger partial charge in [-0.2, -0.15) is 0 Å². The van der Waals surface area contributed by atoms with Crippen LogP contribution in [0.1, 0.15) is 34.5 Å². The number of allylic oxidation sites excluding steroid dienone is 4. The van der Waals surface area contributed by atoms with Gasteiger partial charge >= 0.3 is 0 Å². The van der Waals surface area contributed by atoms with E-state index in [1.807, 2.05) is 161 Å². The molecule has 1 aliphatic carbocycles. The van der Waals surface area contributed by atoms with Crippen LogP contribution in [0.15, 0.2) is 146 Å². The molecule has 0 saturated heterocycles. The molecule has 1 unspecified atom stereocenters. The number of benzene rings is 6. The quantitative estimate of drug-likeness (QED) is 0.160. The molecule has 0 bridgehead atoms. The predicted octanol–water partition coefficient (Wildman–Crippen LogP) is 10.0. The maximum atomic E-state index is 15.6. The van der Waals surface area contributed by atoms with Gasteiger partial charge in [0.15, 0.2) is 31.8 Å². The van der Waals surface area contributed by atoms with Crippen LogP contribution in [0.25, 0.3) is 28.3 Å². The summed E-state index contributed by atoms with van der Waals surface area (Å²) in [4.78, 5) is 15.0. The number of ether oxygens (including phenoxy) is 2. The third kappa shape index (κ3) is 5.92. The lowest BCUT2D eigenvalue weighted by Gasteiger charge is -2.34. The fourth-order valence-electron chi connectivity index (χ4n) is 8.21. The molecule has 0 spiro atoms. The number of fused-ring (bicyclic) bond motifs is 4. The van der Waals surface area contributed by atoms with Crippen LogP contribution in [0.3, 0.4) is 0 Å². The number of hydrogen-bond donors (Lipinski definition) is 0. The van der Waals surface area contributed by atoms with Crippen molar-refractivity contribution in [1.82, 2.24) is 15.0 Å². The number of rotatable bonds is 5. The fraction of sp³-hybridized carbons (Fsp3) is 0.122. The van der Waals surface area contributed by atoms with E-state index in [1.54, 1.807) is 0 Å². The predicted molar refractivity (Wildman–Crippen MR) is 234 cm³/mol. The standard InChI is InChI=1S/C49H39N3O4P2/c1-30-10-22-39-43(26-30)57(53,44-27-31(2)11-23-40(44)55-39)37-18-14-35(15-19-37)48-50-47(34-8-6-5-7-9-34)51-49(52-48)36-16-20-38(21-17-36)58(54)45-28-32(3)12-24-41(45)56-42-25-13-33(4)29-46(42)58/h5-20,22-29,38H,21H2,1-4H3. The average Bonchev–Trinajstić information content (AvgIpc) is 3.25. The molecule has 9 heteroatoms. The molecule has 3 aliphatic rings. The highest BCUT2D eigenvalue weighted by Gasteiger charge is 2.43. The van der Waals surface area contributed by atoms with E-state index in [4.69, 9.17) is 24.4 Å². The minimum Gasteiger partial charge on any atom is -0.456 e. The van der Waals surface area contributed by atoms with E-state index in [0.717, 1.165) is 49.6 Å². The van der Waals surface area contributed by atoms with Crippen molar-refractivity contribution in [2.75, 3.05) is 0 Å². The largest absolute Gasteiger partial charge is 0.456 e. The summed E-state index contributed by atoms with van der Waals surface area (Å²) in [5, 5.41) is 3.62. The Labute approximate surface area is 337 Å². The van der Waals surface area contributed by atoms with Crippen molar-refractivity contribution in [2.45, 2.75) is 39.8 Å². The molecule has 1 aromatic heterocycles. The first-order chi connectivity index (χ1) is 28.1. The summed E-state index contributed by atoms with van der Waals surface area (Å²) in [7, 11) is -6.46. The van der Waals surface area contributed by atoms with Gasteiger partial charge in [0.1, 0.15) is 23.0 Å². The van der Waals surface area contributed by atoms with Gasteiger partial charge in [-0.3, -0.25) is 0 Å². The van der Waals surface area contributed by atoms with Gasteiger partial charge in [-0.25, -0.2) is 15.0 Å². The summed E-state index contributed by atoms with van der Waals surface area (Å²) >= 11 is 0. The van der Waals surface area contributed by atoms with Crippen LogP contribution in [-0.4, -0.2) is 20.6 Å². The van der Waals surface area contributed by atoms with E-state index in [2.05, 4.69) is 12.2 Å². The van der Waals surface area contributed by atoms with Gasteiger partial charge in [0.05, 0.1) is 21.2 Å². The van der Waals surface area contributed by atoms with E-state index in [0.29, 0.717) is 62.8 Å². The first-order valence-corrected chi connectivity index (χ1v) is 22.9. The van der Waals surface area contributed by atoms with Gasteiger partial charge in [0, 0.05) is 27.7 Å². The fourth-order valence-corrected chi connectivity index (χ4v) is 14.6. The van der Waals surface area contributed by atoms with Crippen molar-refractivity contribution in [1.29, 1.82) is 0 Å². The van der Waals surface area contributed by atoms with Crippen molar-refractivity contribution < 1.29 is 18.6 Å². The second-order valence-corrected chi connectivity index (χ2v) is 21.0. The van der Waals surface area contributed by atoms with Gasteiger partial charge < -0.3 is 18.6 Å². The highest BCUT2D eigenvalue weighted by atomic mass is 31.2. The summed E-state index contributed by atoms with van der Waals surface area (Å²) in [5.41, 5.74) is 6.27. The Kier molecular flexibility index (Phi) is 8.60. The third-order valence-corrected chi connectivity index (χ3v) is 17.8. The van der Waals surface area contributed by atoms with Gasteiger partial charge in [0.2, 0.25) is 0 Å².